The molecule has 0 atom stereocenters. The summed E-state index contributed by atoms with van der Waals surface area (Å²) in [6.07, 6.45) is 1.56. The summed E-state index contributed by atoms with van der Waals surface area (Å²) in [6.45, 7) is 12.2. The molecule has 0 aliphatic heterocycles. The number of hydrazone groups is 1. The lowest BCUT2D eigenvalue weighted by Crippen LogP contribution is -2.32. The fraction of sp³-hybridized carbons (Fsp3) is 0.286. The molecule has 2 rings (SSSR count). The number of carbonyl (C=O) groups excluding carboxylic acids is 2. The summed E-state index contributed by atoms with van der Waals surface area (Å²) in [4.78, 5) is 23.6. The first-order chi connectivity index (χ1) is 13.4. The molecule has 2 aromatic rings. The first-order valence-corrected chi connectivity index (χ1v) is 15.1. The molecule has 152 valence electrons. The van der Waals surface area contributed by atoms with Crippen LogP contribution in [0.5, 0.6) is 0 Å². The minimum Gasteiger partial charge on any atom is -0.318 e. The molecule has 2 N–H and O–H groups in total. The Balaban J connectivity index is 0.00000171. The van der Waals surface area contributed by atoms with E-state index in [0.717, 1.165) is 16.7 Å². The number of nitrogens with zero attached hydrogens (tertiary/aromatic N) is 1. The Bertz CT molecular complexity index is 807. The molecule has 0 fully saturated rings. The first-order valence-electron chi connectivity index (χ1n) is 8.81. The van der Waals surface area contributed by atoms with Gasteiger partial charge in [-0.3, -0.25) is 9.59 Å². The summed E-state index contributed by atoms with van der Waals surface area (Å²) >= 11 is 4.24. The van der Waals surface area contributed by atoms with Crippen LogP contribution in [-0.4, -0.2) is 18.0 Å². The number of benzene rings is 2. The summed E-state index contributed by atoms with van der Waals surface area (Å²) in [7, 11) is 0. The van der Waals surface area contributed by atoms with Crippen LogP contribution < -0.4 is 10.7 Å². The lowest BCUT2D eigenvalue weighted by atomic mass is 9.95. The molecule has 0 aliphatic rings. The van der Waals surface area contributed by atoms with Crippen LogP contribution in [0.3, 0.4) is 0 Å². The van der Waals surface area contributed by atoms with E-state index in [2.05, 4.69) is 66.9 Å². The lowest BCUT2D eigenvalue weighted by molar-refractivity contribution is -0.136. The Morgan fingerprint density at radius 3 is 2.04 bits per heavy atom. The van der Waals surface area contributed by atoms with Gasteiger partial charge in [-0.1, -0.05) is 32.0 Å². The van der Waals surface area contributed by atoms with Gasteiger partial charge in [-0.25, -0.2) is 5.43 Å². The van der Waals surface area contributed by atoms with E-state index in [1.807, 2.05) is 39.8 Å². The van der Waals surface area contributed by atoms with Crippen molar-refractivity contribution in [1.82, 2.24) is 5.43 Å². The van der Waals surface area contributed by atoms with E-state index in [0.29, 0.717) is 5.69 Å². The van der Waals surface area contributed by atoms with E-state index in [9.17, 15) is 9.59 Å². The number of nitrogens with one attached hydrogen (secondary N) is 2. The van der Waals surface area contributed by atoms with Gasteiger partial charge in [0.2, 0.25) is 0 Å². The molecule has 0 bridgehead atoms. The minimum atomic E-state index is -0.812. The predicted molar refractivity (Wildman–Crippen MR) is 136 cm³/mol. The van der Waals surface area contributed by atoms with Gasteiger partial charge in [0.05, 0.1) is 6.21 Å². The highest BCUT2D eigenvalue weighted by atomic mass is 128. The number of halogens is 2. The summed E-state index contributed by atoms with van der Waals surface area (Å²) in [5.74, 6) is -1.57. The minimum absolute atomic E-state index is 0.558. The van der Waals surface area contributed by atoms with E-state index in [-0.39, 0.29) is 0 Å². The van der Waals surface area contributed by atoms with Crippen LogP contribution in [0, 0.1) is 27.7 Å². The molecule has 0 aromatic heterocycles. The van der Waals surface area contributed by atoms with E-state index in [4.69, 9.17) is 0 Å². The quantitative estimate of drug-likeness (QED) is 0.200. The molecule has 0 heterocycles. The third-order valence-electron chi connectivity index (χ3n) is 4.13. The van der Waals surface area contributed by atoms with Crippen molar-refractivity contribution in [2.45, 2.75) is 41.5 Å². The van der Waals surface area contributed by atoms with Crippen molar-refractivity contribution in [3.63, 3.8) is 0 Å². The number of para-hydroxylation sites is 1. The molecule has 5 nitrogen and oxygen atoms in total. The molecule has 0 saturated heterocycles. The predicted octanol–water partition coefficient (Wildman–Crippen LogP) is 5.81. The van der Waals surface area contributed by atoms with Gasteiger partial charge in [0.15, 0.2) is 0 Å². The zero-order valence-corrected chi connectivity index (χ0v) is 21.4. The van der Waals surface area contributed by atoms with Gasteiger partial charge < -0.3 is 5.32 Å². The van der Waals surface area contributed by atoms with Crippen LogP contribution in [0.25, 0.3) is 0 Å². The molecular weight excluding hydrogens is 580 g/mol. The van der Waals surface area contributed by atoms with Gasteiger partial charge in [-0.2, -0.15) is 5.10 Å². The number of rotatable bonds is 3. The highest BCUT2D eigenvalue weighted by Crippen LogP contribution is 2.19. The molecule has 0 unspecified atom stereocenters. The normalized spacial score (nSPS) is 9.57. The van der Waals surface area contributed by atoms with Gasteiger partial charge in [-0.05, 0) is 73.7 Å². The lowest BCUT2D eigenvalue weighted by Gasteiger charge is -2.11. The third kappa shape index (κ3) is 8.26. The standard InChI is InChI=1S/C19H21N3O2.C2H6.I2/c1-12-10-16(15(4)14(3)13(12)2)11-20-22-19(24)18(23)21-17-8-6-5-7-9-17;2*1-2/h5-11H,1-4H3,(H,21,23)(H,22,24);1-2H3;. The third-order valence-corrected chi connectivity index (χ3v) is 4.13. The molecule has 0 aliphatic carbocycles. The zero-order valence-electron chi connectivity index (χ0n) is 17.1. The highest BCUT2D eigenvalue weighted by molar-refractivity contribution is 15.0. The van der Waals surface area contributed by atoms with Crippen molar-refractivity contribution < 1.29 is 9.59 Å². The average molecular weight is 607 g/mol. The second kappa shape index (κ2) is 14.5. The van der Waals surface area contributed by atoms with Crippen LogP contribution in [0.4, 0.5) is 5.69 Å². The number of amides is 2. The summed E-state index contributed by atoms with van der Waals surface area (Å²) in [5, 5.41) is 6.39. The number of anilines is 1. The summed E-state index contributed by atoms with van der Waals surface area (Å²) < 4.78 is 0. The number of aryl methyl sites for hydroxylation is 1. The molecule has 0 saturated carbocycles. The van der Waals surface area contributed by atoms with Gasteiger partial charge in [0.1, 0.15) is 0 Å². The van der Waals surface area contributed by atoms with Gasteiger partial charge >= 0.3 is 11.8 Å². The molecule has 2 amide bonds. The Kier molecular flexibility index (Phi) is 13.7. The van der Waals surface area contributed by atoms with Crippen molar-refractivity contribution in [3.05, 3.63) is 64.2 Å². The van der Waals surface area contributed by atoms with E-state index >= 15 is 0 Å². The van der Waals surface area contributed by atoms with Crippen LogP contribution in [-0.2, 0) is 9.59 Å². The molecule has 7 heteroatoms. The second-order valence-electron chi connectivity index (χ2n) is 5.68. The highest BCUT2D eigenvalue weighted by Gasteiger charge is 2.12. The number of hydrogen-bond donors (Lipinski definition) is 2. The maximum Gasteiger partial charge on any atom is 0.329 e. The molecule has 0 radical (unpaired) electrons. The molecule has 28 heavy (non-hydrogen) atoms. The Hall–Kier alpha value is -1.49. The topological polar surface area (TPSA) is 70.6 Å². The van der Waals surface area contributed by atoms with Crippen molar-refractivity contribution in [3.8, 4) is 0 Å². The van der Waals surface area contributed by atoms with Crippen LogP contribution in [0.1, 0.15) is 41.7 Å². The first kappa shape index (κ1) is 26.5. The van der Waals surface area contributed by atoms with Gasteiger partial charge in [0, 0.05) is 42.9 Å². The smallest absolute Gasteiger partial charge is 0.318 e. The van der Waals surface area contributed by atoms with E-state index in [1.165, 1.54) is 11.1 Å². The largest absolute Gasteiger partial charge is 0.329 e. The average Bonchev–Trinajstić information content (AvgIpc) is 2.73. The number of carbonyl (C=O) groups is 2. The summed E-state index contributed by atoms with van der Waals surface area (Å²) in [6, 6.07) is 10.8. The fourth-order valence-electron chi connectivity index (χ4n) is 2.30. The van der Waals surface area contributed by atoms with Crippen molar-refractivity contribution >= 4 is 60.9 Å². The van der Waals surface area contributed by atoms with Crippen molar-refractivity contribution in [2.24, 2.45) is 5.10 Å². The molecular formula is C21H27I2N3O2. The van der Waals surface area contributed by atoms with Crippen LogP contribution in [0.2, 0.25) is 0 Å². The van der Waals surface area contributed by atoms with E-state index < -0.39 is 11.8 Å². The number of hydrogen-bond acceptors (Lipinski definition) is 3. The zero-order chi connectivity index (χ0) is 21.7. The van der Waals surface area contributed by atoms with Gasteiger partial charge in [-0.15, -0.1) is 0 Å². The van der Waals surface area contributed by atoms with Crippen molar-refractivity contribution in [1.29, 1.82) is 0 Å². The monoisotopic (exact) mass is 607 g/mol. The SMILES string of the molecule is CC.Cc1cc(C=NNC(=O)C(=O)Nc2ccccc2)c(C)c(C)c1C.II. The van der Waals surface area contributed by atoms with Crippen LogP contribution in [0.15, 0.2) is 41.5 Å². The Morgan fingerprint density at radius 1 is 0.893 bits per heavy atom. The maximum atomic E-state index is 11.8. The summed E-state index contributed by atoms with van der Waals surface area (Å²) in [5.41, 5.74) is 8.43. The van der Waals surface area contributed by atoms with Gasteiger partial charge in [0.25, 0.3) is 0 Å². The van der Waals surface area contributed by atoms with Crippen molar-refractivity contribution in [2.75, 3.05) is 5.32 Å². The second-order valence-corrected chi connectivity index (χ2v) is 5.68. The molecule has 2 aromatic carbocycles. The molecule has 0 spiro atoms. The van der Waals surface area contributed by atoms with E-state index in [1.54, 1.807) is 30.5 Å². The van der Waals surface area contributed by atoms with Crippen LogP contribution >= 0.6 is 37.2 Å². The maximum absolute atomic E-state index is 11.8. The Labute approximate surface area is 191 Å². The fourth-order valence-corrected chi connectivity index (χ4v) is 2.30. The Morgan fingerprint density at radius 2 is 1.46 bits per heavy atom.